The number of cyclic esters (lactones) is 1. The number of hydrogen-bond acceptors (Lipinski definition) is 7. The van der Waals surface area contributed by atoms with Crippen molar-refractivity contribution in [2.45, 2.75) is 22.6 Å². The number of aromatic nitrogens is 2. The number of esters is 1. The van der Waals surface area contributed by atoms with E-state index in [4.69, 9.17) is 10.5 Å². The van der Waals surface area contributed by atoms with Gasteiger partial charge in [-0.3, -0.25) is 9.59 Å². The smallest absolute Gasteiger partial charge is 0.325 e. The maximum Gasteiger partial charge on any atom is 0.325 e. The summed E-state index contributed by atoms with van der Waals surface area (Å²) >= 11 is 2.80. The second-order valence-corrected chi connectivity index (χ2v) is 7.48. The number of carbonyl (C=O) groups is 2. The molecule has 3 rings (SSSR count). The van der Waals surface area contributed by atoms with Crippen molar-refractivity contribution in [2.24, 2.45) is 5.73 Å². The zero-order valence-corrected chi connectivity index (χ0v) is 14.7. The normalized spacial score (nSPS) is 23.5. The van der Waals surface area contributed by atoms with Crippen molar-refractivity contribution in [3.63, 3.8) is 0 Å². The first-order valence-corrected chi connectivity index (χ1v) is 9.17. The number of amides is 1. The van der Waals surface area contributed by atoms with Gasteiger partial charge >= 0.3 is 5.97 Å². The van der Waals surface area contributed by atoms with E-state index in [1.54, 1.807) is 13.0 Å². The Labute approximate surface area is 147 Å². The van der Waals surface area contributed by atoms with Crippen molar-refractivity contribution >= 4 is 35.0 Å². The average molecular weight is 361 g/mol. The standard InChI is InChI=1S/C16H15N3O3S2/c1-16(13-18-19-15(23-2)24-13)10(9-6-4-3-5-7-9)8-11(12(17)20)22-14(16)21/h3-8,10H,1-2H3,(H2,17,20). The fourth-order valence-corrected chi connectivity index (χ4v) is 4.07. The third kappa shape index (κ3) is 2.71. The van der Waals surface area contributed by atoms with E-state index in [1.165, 1.54) is 23.1 Å². The molecule has 1 aromatic carbocycles. The lowest BCUT2D eigenvalue weighted by Gasteiger charge is -2.35. The highest BCUT2D eigenvalue weighted by atomic mass is 32.2. The van der Waals surface area contributed by atoms with Gasteiger partial charge in [0.05, 0.1) is 0 Å². The molecule has 0 radical (unpaired) electrons. The molecule has 0 spiro atoms. The summed E-state index contributed by atoms with van der Waals surface area (Å²) in [5, 5.41) is 8.81. The summed E-state index contributed by atoms with van der Waals surface area (Å²) in [5.41, 5.74) is 5.10. The Morgan fingerprint density at radius 3 is 2.62 bits per heavy atom. The van der Waals surface area contributed by atoms with Crippen LogP contribution in [0.2, 0.25) is 0 Å². The van der Waals surface area contributed by atoms with Gasteiger partial charge < -0.3 is 10.5 Å². The van der Waals surface area contributed by atoms with Gasteiger partial charge in [-0.15, -0.1) is 10.2 Å². The van der Waals surface area contributed by atoms with E-state index in [0.717, 1.165) is 9.90 Å². The van der Waals surface area contributed by atoms with Crippen molar-refractivity contribution in [3.05, 3.63) is 52.7 Å². The van der Waals surface area contributed by atoms with Crippen molar-refractivity contribution in [3.8, 4) is 0 Å². The van der Waals surface area contributed by atoms with Gasteiger partial charge in [0.15, 0.2) is 10.1 Å². The fraction of sp³-hybridized carbons (Fsp3) is 0.250. The Balaban J connectivity index is 2.17. The molecule has 8 heteroatoms. The zero-order chi connectivity index (χ0) is 17.3. The molecule has 1 aliphatic heterocycles. The maximum absolute atomic E-state index is 12.8. The molecule has 1 amide bonds. The van der Waals surface area contributed by atoms with Crippen LogP contribution in [0.3, 0.4) is 0 Å². The van der Waals surface area contributed by atoms with Gasteiger partial charge in [0.1, 0.15) is 10.4 Å². The molecule has 1 aliphatic rings. The number of allylic oxidation sites excluding steroid dienone is 1. The lowest BCUT2D eigenvalue weighted by Crippen LogP contribution is -2.44. The summed E-state index contributed by atoms with van der Waals surface area (Å²) in [6.45, 7) is 1.76. The molecule has 0 fully saturated rings. The Morgan fingerprint density at radius 1 is 1.33 bits per heavy atom. The third-order valence-corrected chi connectivity index (χ3v) is 6.13. The molecule has 24 heavy (non-hydrogen) atoms. The average Bonchev–Trinajstić information content (AvgIpc) is 3.07. The highest BCUT2D eigenvalue weighted by molar-refractivity contribution is 8.00. The SMILES string of the molecule is CSc1nnc(C2(C)C(=O)OC(C(N)=O)=CC2c2ccccc2)s1. The Kier molecular flexibility index (Phi) is 4.42. The van der Waals surface area contributed by atoms with Crippen LogP contribution in [0.4, 0.5) is 0 Å². The fourth-order valence-electron chi connectivity index (χ4n) is 2.63. The summed E-state index contributed by atoms with van der Waals surface area (Å²) < 4.78 is 5.95. The van der Waals surface area contributed by atoms with E-state index < -0.39 is 23.2 Å². The van der Waals surface area contributed by atoms with Gasteiger partial charge in [-0.2, -0.15) is 0 Å². The summed E-state index contributed by atoms with van der Waals surface area (Å²) in [6.07, 6.45) is 3.49. The highest BCUT2D eigenvalue weighted by Crippen LogP contribution is 2.46. The number of hydrogen-bond donors (Lipinski definition) is 1. The van der Waals surface area contributed by atoms with Gasteiger partial charge in [-0.25, -0.2) is 0 Å². The number of thioether (sulfide) groups is 1. The van der Waals surface area contributed by atoms with E-state index >= 15 is 0 Å². The molecule has 0 bridgehead atoms. The Hall–Kier alpha value is -2.19. The number of rotatable bonds is 4. The van der Waals surface area contributed by atoms with Crippen LogP contribution in [0, 0.1) is 0 Å². The second-order valence-electron chi connectivity index (χ2n) is 5.45. The quantitative estimate of drug-likeness (QED) is 0.663. The number of nitrogens with zero attached hydrogens (tertiary/aromatic N) is 2. The minimum Gasteiger partial charge on any atom is -0.420 e. The molecule has 1 aromatic heterocycles. The molecule has 0 aliphatic carbocycles. The summed E-state index contributed by atoms with van der Waals surface area (Å²) in [5.74, 6) is -1.89. The second kappa shape index (κ2) is 6.37. The van der Waals surface area contributed by atoms with Crippen molar-refractivity contribution < 1.29 is 14.3 Å². The van der Waals surface area contributed by atoms with Crippen molar-refractivity contribution in [1.82, 2.24) is 10.2 Å². The molecule has 2 N–H and O–H groups in total. The van der Waals surface area contributed by atoms with Gasteiger partial charge in [0.25, 0.3) is 5.91 Å². The van der Waals surface area contributed by atoms with Crippen LogP contribution in [-0.4, -0.2) is 28.3 Å². The van der Waals surface area contributed by atoms with E-state index in [1.807, 2.05) is 36.6 Å². The molecular formula is C16H15N3O3S2. The van der Waals surface area contributed by atoms with Gasteiger partial charge in [-0.1, -0.05) is 53.4 Å². The first kappa shape index (κ1) is 16.7. The summed E-state index contributed by atoms with van der Waals surface area (Å²) in [7, 11) is 0. The molecule has 2 aromatic rings. The van der Waals surface area contributed by atoms with Gasteiger partial charge in [-0.05, 0) is 24.8 Å². The molecule has 2 heterocycles. The van der Waals surface area contributed by atoms with Crippen LogP contribution in [0.1, 0.15) is 23.4 Å². The molecule has 124 valence electrons. The number of nitrogens with two attached hydrogens (primary N) is 1. The Morgan fingerprint density at radius 2 is 2.04 bits per heavy atom. The lowest BCUT2D eigenvalue weighted by atomic mass is 9.72. The van der Waals surface area contributed by atoms with Gasteiger partial charge in [0.2, 0.25) is 0 Å². The summed E-state index contributed by atoms with van der Waals surface area (Å²) in [4.78, 5) is 24.3. The molecule has 0 saturated carbocycles. The monoisotopic (exact) mass is 361 g/mol. The predicted octanol–water partition coefficient (Wildman–Crippen LogP) is 2.23. The van der Waals surface area contributed by atoms with Crippen molar-refractivity contribution in [1.29, 1.82) is 0 Å². The maximum atomic E-state index is 12.8. The van der Waals surface area contributed by atoms with E-state index in [9.17, 15) is 9.59 Å². The lowest BCUT2D eigenvalue weighted by molar-refractivity contribution is -0.150. The molecule has 6 nitrogen and oxygen atoms in total. The van der Waals surface area contributed by atoms with E-state index in [2.05, 4.69) is 10.2 Å². The molecule has 0 saturated heterocycles. The number of ether oxygens (including phenoxy) is 1. The van der Waals surface area contributed by atoms with Crippen LogP contribution >= 0.6 is 23.1 Å². The first-order valence-electron chi connectivity index (χ1n) is 7.13. The summed E-state index contributed by atoms with van der Waals surface area (Å²) in [6, 6.07) is 9.43. The van der Waals surface area contributed by atoms with Gasteiger partial charge in [0, 0.05) is 5.92 Å². The zero-order valence-electron chi connectivity index (χ0n) is 13.1. The number of benzene rings is 1. The van der Waals surface area contributed by atoms with Crippen LogP contribution < -0.4 is 5.73 Å². The highest BCUT2D eigenvalue weighted by Gasteiger charge is 2.51. The van der Waals surface area contributed by atoms with E-state index in [-0.39, 0.29) is 5.76 Å². The van der Waals surface area contributed by atoms with Crippen LogP contribution in [0.15, 0.2) is 46.5 Å². The van der Waals surface area contributed by atoms with E-state index in [0.29, 0.717) is 5.01 Å². The van der Waals surface area contributed by atoms with Crippen LogP contribution in [-0.2, 0) is 19.7 Å². The molecule has 2 unspecified atom stereocenters. The topological polar surface area (TPSA) is 95.2 Å². The largest absolute Gasteiger partial charge is 0.420 e. The Bertz CT molecular complexity index is 819. The first-order chi connectivity index (χ1) is 11.5. The molecule has 2 atom stereocenters. The minimum atomic E-state index is -1.08. The predicted molar refractivity (Wildman–Crippen MR) is 91.6 cm³/mol. The molecular weight excluding hydrogens is 346 g/mol. The minimum absolute atomic E-state index is 0.138. The van der Waals surface area contributed by atoms with Crippen molar-refractivity contribution in [2.75, 3.05) is 6.26 Å². The van der Waals surface area contributed by atoms with Crippen LogP contribution in [0.5, 0.6) is 0 Å². The number of carbonyl (C=O) groups excluding carboxylic acids is 2. The number of primary amides is 1. The van der Waals surface area contributed by atoms with Crippen LogP contribution in [0.25, 0.3) is 0 Å². The third-order valence-electron chi connectivity index (χ3n) is 3.99.